The van der Waals surface area contributed by atoms with E-state index < -0.39 is 17.7 Å². The van der Waals surface area contributed by atoms with E-state index in [4.69, 9.17) is 11.6 Å². The van der Waals surface area contributed by atoms with Crippen LogP contribution >= 0.6 is 27.5 Å². The lowest BCUT2D eigenvalue weighted by Gasteiger charge is -2.25. The van der Waals surface area contributed by atoms with Crippen LogP contribution in [0.3, 0.4) is 0 Å². The summed E-state index contributed by atoms with van der Waals surface area (Å²) in [6.45, 7) is 0. The number of carbonyl (C=O) groups is 2. The Morgan fingerprint density at radius 1 is 1.03 bits per heavy atom. The number of pyridine rings is 1. The maximum atomic E-state index is 13.0. The standard InChI is InChI=1S/C22H14BrClN2O3/c23-15-2-1-3-17(12-15)26-19(13-8-10-25-11-9-13)18(21(28)22(26)29)20(27)14-4-6-16(24)7-5-14/h1-12,19,27H/b20-18+. The van der Waals surface area contributed by atoms with Gasteiger partial charge in [-0.1, -0.05) is 33.6 Å². The molecule has 1 aliphatic rings. The van der Waals surface area contributed by atoms with E-state index in [1.807, 2.05) is 6.07 Å². The molecule has 1 aromatic heterocycles. The average molecular weight is 470 g/mol. The van der Waals surface area contributed by atoms with Gasteiger partial charge in [0.2, 0.25) is 0 Å². The largest absolute Gasteiger partial charge is 0.507 e. The van der Waals surface area contributed by atoms with Crippen molar-refractivity contribution in [3.05, 3.63) is 99.3 Å². The first-order valence-electron chi connectivity index (χ1n) is 8.70. The van der Waals surface area contributed by atoms with Crippen molar-refractivity contribution in [1.29, 1.82) is 0 Å². The van der Waals surface area contributed by atoms with E-state index in [9.17, 15) is 14.7 Å². The van der Waals surface area contributed by atoms with Crippen molar-refractivity contribution in [1.82, 2.24) is 4.98 Å². The van der Waals surface area contributed by atoms with Crippen molar-refractivity contribution in [2.24, 2.45) is 0 Å². The maximum Gasteiger partial charge on any atom is 0.300 e. The molecule has 1 amide bonds. The van der Waals surface area contributed by atoms with E-state index in [0.717, 1.165) is 4.47 Å². The monoisotopic (exact) mass is 468 g/mol. The lowest BCUT2D eigenvalue weighted by atomic mass is 9.96. The highest BCUT2D eigenvalue weighted by atomic mass is 79.9. The first-order valence-corrected chi connectivity index (χ1v) is 9.87. The SMILES string of the molecule is O=C1C(=O)N(c2cccc(Br)c2)C(c2ccncc2)/C1=C(\O)c1ccc(Cl)cc1. The number of hydrogen-bond donors (Lipinski definition) is 1. The lowest BCUT2D eigenvalue weighted by Crippen LogP contribution is -2.29. The third-order valence-corrected chi connectivity index (χ3v) is 5.42. The van der Waals surface area contributed by atoms with Gasteiger partial charge < -0.3 is 5.11 Å². The molecule has 1 fully saturated rings. The van der Waals surface area contributed by atoms with Crippen molar-refractivity contribution in [2.45, 2.75) is 6.04 Å². The Morgan fingerprint density at radius 2 is 1.72 bits per heavy atom. The summed E-state index contributed by atoms with van der Waals surface area (Å²) in [5.74, 6) is -1.71. The minimum atomic E-state index is -0.789. The molecule has 2 aromatic carbocycles. The van der Waals surface area contributed by atoms with Crippen LogP contribution in [0, 0.1) is 0 Å². The zero-order valence-electron chi connectivity index (χ0n) is 14.9. The second kappa shape index (κ2) is 7.81. The fourth-order valence-corrected chi connectivity index (χ4v) is 3.86. The van der Waals surface area contributed by atoms with Gasteiger partial charge in [-0.15, -0.1) is 0 Å². The first kappa shape index (κ1) is 19.4. The van der Waals surface area contributed by atoms with Crippen molar-refractivity contribution in [3.8, 4) is 0 Å². The van der Waals surface area contributed by atoms with Crippen LogP contribution in [0.5, 0.6) is 0 Å². The van der Waals surface area contributed by atoms with Gasteiger partial charge in [-0.05, 0) is 60.2 Å². The van der Waals surface area contributed by atoms with Gasteiger partial charge in [-0.3, -0.25) is 19.5 Å². The van der Waals surface area contributed by atoms with Crippen LogP contribution in [0.15, 0.2) is 83.1 Å². The number of ketones is 1. The van der Waals surface area contributed by atoms with Gasteiger partial charge in [0, 0.05) is 33.1 Å². The van der Waals surface area contributed by atoms with Gasteiger partial charge in [0.25, 0.3) is 11.7 Å². The van der Waals surface area contributed by atoms with E-state index in [1.54, 1.807) is 67.0 Å². The first-order chi connectivity index (χ1) is 14.0. The Kier molecular flexibility index (Phi) is 5.22. The molecule has 2 heterocycles. The zero-order chi connectivity index (χ0) is 20.5. The Balaban J connectivity index is 1.94. The topological polar surface area (TPSA) is 70.5 Å². The molecule has 7 heteroatoms. The molecule has 5 nitrogen and oxygen atoms in total. The second-order valence-electron chi connectivity index (χ2n) is 6.44. The number of aliphatic hydroxyl groups is 1. The fourth-order valence-electron chi connectivity index (χ4n) is 3.35. The van der Waals surface area contributed by atoms with E-state index >= 15 is 0 Å². The number of benzene rings is 2. The molecule has 4 rings (SSSR count). The van der Waals surface area contributed by atoms with Crippen LogP contribution in [0.2, 0.25) is 5.02 Å². The summed E-state index contributed by atoms with van der Waals surface area (Å²) in [5.41, 5.74) is 1.62. The highest BCUT2D eigenvalue weighted by Crippen LogP contribution is 2.42. The molecule has 29 heavy (non-hydrogen) atoms. The number of carbonyl (C=O) groups excluding carboxylic acids is 2. The minimum Gasteiger partial charge on any atom is -0.507 e. The molecule has 1 saturated heterocycles. The number of hydrogen-bond acceptors (Lipinski definition) is 4. The Labute approximate surface area is 180 Å². The van der Waals surface area contributed by atoms with Gasteiger partial charge in [0.05, 0.1) is 11.6 Å². The predicted molar refractivity (Wildman–Crippen MR) is 115 cm³/mol. The fraction of sp³-hybridized carbons (Fsp3) is 0.0455. The van der Waals surface area contributed by atoms with Crippen LogP contribution in [0.25, 0.3) is 5.76 Å². The van der Waals surface area contributed by atoms with Crippen molar-refractivity contribution in [2.75, 3.05) is 4.90 Å². The van der Waals surface area contributed by atoms with Crippen LogP contribution in [-0.2, 0) is 9.59 Å². The van der Waals surface area contributed by atoms with Gasteiger partial charge >= 0.3 is 0 Å². The summed E-state index contributed by atoms with van der Waals surface area (Å²) in [6, 6.07) is 16.2. The summed E-state index contributed by atoms with van der Waals surface area (Å²) in [5, 5.41) is 11.5. The third-order valence-electron chi connectivity index (χ3n) is 4.67. The van der Waals surface area contributed by atoms with Gasteiger partial charge in [-0.25, -0.2) is 0 Å². The predicted octanol–water partition coefficient (Wildman–Crippen LogP) is 5.12. The molecule has 0 bridgehead atoms. The van der Waals surface area contributed by atoms with E-state index in [1.165, 1.54) is 4.90 Å². The summed E-state index contributed by atoms with van der Waals surface area (Å²) in [4.78, 5) is 31.4. The number of rotatable bonds is 3. The normalized spacial score (nSPS) is 18.3. The van der Waals surface area contributed by atoms with Crippen LogP contribution < -0.4 is 4.90 Å². The van der Waals surface area contributed by atoms with Crippen LogP contribution in [0.1, 0.15) is 17.2 Å². The molecule has 1 N–H and O–H groups in total. The Morgan fingerprint density at radius 3 is 2.38 bits per heavy atom. The molecule has 1 atom stereocenters. The van der Waals surface area contributed by atoms with Gasteiger partial charge in [0.1, 0.15) is 5.76 Å². The molecule has 0 saturated carbocycles. The van der Waals surface area contributed by atoms with E-state index in [0.29, 0.717) is 21.8 Å². The number of nitrogens with zero attached hydrogens (tertiary/aromatic N) is 2. The van der Waals surface area contributed by atoms with E-state index in [2.05, 4.69) is 20.9 Å². The molecule has 0 aliphatic carbocycles. The molecule has 0 radical (unpaired) electrons. The Hall–Kier alpha value is -2.96. The third kappa shape index (κ3) is 3.57. The second-order valence-corrected chi connectivity index (χ2v) is 7.79. The minimum absolute atomic E-state index is 0.0171. The summed E-state index contributed by atoms with van der Waals surface area (Å²) >= 11 is 9.33. The number of amides is 1. The quantitative estimate of drug-likeness (QED) is 0.328. The summed E-state index contributed by atoms with van der Waals surface area (Å²) in [7, 11) is 0. The number of aromatic nitrogens is 1. The molecular formula is C22H14BrClN2O3. The van der Waals surface area contributed by atoms with Crippen LogP contribution in [0.4, 0.5) is 5.69 Å². The molecule has 3 aromatic rings. The summed E-state index contributed by atoms with van der Waals surface area (Å²) in [6.07, 6.45) is 3.16. The van der Waals surface area contributed by atoms with Gasteiger partial charge in [-0.2, -0.15) is 0 Å². The zero-order valence-corrected chi connectivity index (χ0v) is 17.3. The average Bonchev–Trinajstić information content (AvgIpc) is 2.99. The molecular weight excluding hydrogens is 456 g/mol. The summed E-state index contributed by atoms with van der Waals surface area (Å²) < 4.78 is 0.767. The molecule has 1 aliphatic heterocycles. The smallest absolute Gasteiger partial charge is 0.300 e. The van der Waals surface area contributed by atoms with Crippen molar-refractivity contribution < 1.29 is 14.7 Å². The highest BCUT2D eigenvalue weighted by molar-refractivity contribution is 9.10. The number of aliphatic hydroxyl groups excluding tert-OH is 1. The highest BCUT2D eigenvalue weighted by Gasteiger charge is 2.46. The lowest BCUT2D eigenvalue weighted by molar-refractivity contribution is -0.132. The van der Waals surface area contributed by atoms with Crippen molar-refractivity contribution >= 4 is 50.7 Å². The number of halogens is 2. The van der Waals surface area contributed by atoms with Crippen molar-refractivity contribution in [3.63, 3.8) is 0 Å². The molecule has 144 valence electrons. The molecule has 0 spiro atoms. The molecule has 1 unspecified atom stereocenters. The number of Topliss-reactive ketones (excluding diaryl/α,β-unsaturated/α-hetero) is 1. The Bertz CT molecular complexity index is 1130. The maximum absolute atomic E-state index is 13.0. The number of anilines is 1. The van der Waals surface area contributed by atoms with Crippen LogP contribution in [-0.4, -0.2) is 21.8 Å². The van der Waals surface area contributed by atoms with Gasteiger partial charge in [0.15, 0.2) is 0 Å². The van der Waals surface area contributed by atoms with E-state index in [-0.39, 0.29) is 11.3 Å².